The molecule has 0 atom stereocenters. The average Bonchev–Trinajstić information content (AvgIpc) is 2.96. The molecule has 0 saturated heterocycles. The minimum atomic E-state index is -0.113. The van der Waals surface area contributed by atoms with Gasteiger partial charge in [0.15, 0.2) is 0 Å². The molecular weight excluding hydrogens is 254 g/mol. The molecule has 5 heteroatoms. The van der Waals surface area contributed by atoms with Crippen molar-refractivity contribution in [3.63, 3.8) is 0 Å². The van der Waals surface area contributed by atoms with E-state index in [1.807, 2.05) is 0 Å². The van der Waals surface area contributed by atoms with Crippen LogP contribution in [-0.2, 0) is 9.59 Å². The Balaban J connectivity index is 1.95. The third-order valence-corrected chi connectivity index (χ3v) is 3.75. The number of nitrogens with one attached hydrogen (secondary N) is 3. The van der Waals surface area contributed by atoms with E-state index in [4.69, 9.17) is 0 Å². The van der Waals surface area contributed by atoms with Crippen molar-refractivity contribution in [2.45, 2.75) is 51.9 Å². The van der Waals surface area contributed by atoms with Crippen molar-refractivity contribution < 1.29 is 9.59 Å². The summed E-state index contributed by atoms with van der Waals surface area (Å²) in [6.07, 6.45) is 7.74. The molecule has 0 unspecified atom stereocenters. The molecule has 5 nitrogen and oxygen atoms in total. The second kappa shape index (κ2) is 10.7. The van der Waals surface area contributed by atoms with E-state index in [1.54, 1.807) is 0 Å². The number of carbonyl (C=O) groups excluding carboxylic acids is 2. The molecule has 3 N–H and O–H groups in total. The summed E-state index contributed by atoms with van der Waals surface area (Å²) in [6, 6.07) is 0. The van der Waals surface area contributed by atoms with Crippen LogP contribution in [-0.4, -0.2) is 38.0 Å². The number of rotatable bonds is 10. The highest BCUT2D eigenvalue weighted by Gasteiger charge is 2.16. The van der Waals surface area contributed by atoms with Crippen LogP contribution in [0.2, 0.25) is 0 Å². The van der Waals surface area contributed by atoms with Gasteiger partial charge in [-0.3, -0.25) is 9.59 Å². The first kappa shape index (κ1) is 17.0. The van der Waals surface area contributed by atoms with Crippen molar-refractivity contribution in [1.29, 1.82) is 0 Å². The summed E-state index contributed by atoms with van der Waals surface area (Å²) in [4.78, 5) is 23.1. The molecule has 0 aromatic rings. The molecule has 0 spiro atoms. The average molecular weight is 283 g/mol. The predicted octanol–water partition coefficient (Wildman–Crippen LogP) is 1.19. The minimum Gasteiger partial charge on any atom is -0.353 e. The van der Waals surface area contributed by atoms with Crippen LogP contribution in [0.25, 0.3) is 0 Å². The third-order valence-electron chi connectivity index (χ3n) is 3.75. The lowest BCUT2D eigenvalue weighted by atomic mass is 10.0. The van der Waals surface area contributed by atoms with E-state index in [9.17, 15) is 9.59 Å². The first-order valence-corrected chi connectivity index (χ1v) is 7.96. The zero-order chi connectivity index (χ0) is 14.6. The molecular formula is C15H29N3O2. The topological polar surface area (TPSA) is 70.2 Å². The predicted molar refractivity (Wildman–Crippen MR) is 80.4 cm³/mol. The fraction of sp³-hybridized carbons (Fsp3) is 0.867. The molecule has 1 aliphatic carbocycles. The van der Waals surface area contributed by atoms with Crippen LogP contribution in [0.1, 0.15) is 51.9 Å². The lowest BCUT2D eigenvalue weighted by Crippen LogP contribution is -2.39. The van der Waals surface area contributed by atoms with Crippen LogP contribution in [0.4, 0.5) is 0 Å². The monoisotopic (exact) mass is 283 g/mol. The Hall–Kier alpha value is -1.10. The van der Waals surface area contributed by atoms with Crippen molar-refractivity contribution in [3.8, 4) is 0 Å². The Bertz CT molecular complexity index is 289. The quantitative estimate of drug-likeness (QED) is 0.527. The van der Waals surface area contributed by atoms with Crippen molar-refractivity contribution in [1.82, 2.24) is 16.0 Å². The maximum atomic E-state index is 11.6. The Morgan fingerprint density at radius 3 is 2.45 bits per heavy atom. The highest BCUT2D eigenvalue weighted by atomic mass is 16.2. The Morgan fingerprint density at radius 2 is 1.75 bits per heavy atom. The minimum absolute atomic E-state index is 0.00356. The largest absolute Gasteiger partial charge is 0.353 e. The normalized spacial score (nSPS) is 15.2. The fourth-order valence-electron chi connectivity index (χ4n) is 2.56. The van der Waals surface area contributed by atoms with E-state index in [0.29, 0.717) is 13.0 Å². The van der Waals surface area contributed by atoms with Gasteiger partial charge in [0.1, 0.15) is 0 Å². The van der Waals surface area contributed by atoms with Gasteiger partial charge in [-0.05, 0) is 25.3 Å². The molecule has 0 aromatic carbocycles. The lowest BCUT2D eigenvalue weighted by Gasteiger charge is -2.09. The molecule has 0 heterocycles. The van der Waals surface area contributed by atoms with Gasteiger partial charge in [0.25, 0.3) is 0 Å². The van der Waals surface area contributed by atoms with E-state index >= 15 is 0 Å². The summed E-state index contributed by atoms with van der Waals surface area (Å²) >= 11 is 0. The maximum Gasteiger partial charge on any atom is 0.239 e. The summed E-state index contributed by atoms with van der Waals surface area (Å²) in [7, 11) is 0. The number of amides is 2. The lowest BCUT2D eigenvalue weighted by molar-refractivity contribution is -0.126. The van der Waals surface area contributed by atoms with Gasteiger partial charge < -0.3 is 16.0 Å². The third kappa shape index (κ3) is 8.15. The van der Waals surface area contributed by atoms with Crippen LogP contribution >= 0.6 is 0 Å². The van der Waals surface area contributed by atoms with Crippen LogP contribution in [0.5, 0.6) is 0 Å². The summed E-state index contributed by atoms with van der Waals surface area (Å²) in [6.45, 7) is 4.55. The van der Waals surface area contributed by atoms with Crippen molar-refractivity contribution >= 4 is 11.8 Å². The summed E-state index contributed by atoms with van der Waals surface area (Å²) in [5.41, 5.74) is 0. The van der Waals surface area contributed by atoms with Gasteiger partial charge in [-0.1, -0.05) is 32.6 Å². The first-order valence-electron chi connectivity index (χ1n) is 7.96. The molecule has 1 rings (SSSR count). The second-order valence-electron chi connectivity index (χ2n) is 5.57. The maximum absolute atomic E-state index is 11.6. The van der Waals surface area contributed by atoms with Gasteiger partial charge in [0, 0.05) is 19.5 Å². The molecule has 116 valence electrons. The molecule has 0 aromatic heterocycles. The zero-order valence-corrected chi connectivity index (χ0v) is 12.7. The van der Waals surface area contributed by atoms with Gasteiger partial charge in [-0.25, -0.2) is 0 Å². The number of hydrogen-bond donors (Lipinski definition) is 3. The van der Waals surface area contributed by atoms with Gasteiger partial charge >= 0.3 is 0 Å². The molecule has 0 bridgehead atoms. The SMILES string of the molecule is CCCNCCNC(=O)CNC(=O)CCC1CCCC1. The first-order chi connectivity index (χ1) is 9.72. The molecule has 20 heavy (non-hydrogen) atoms. The molecule has 1 aliphatic rings. The highest BCUT2D eigenvalue weighted by Crippen LogP contribution is 2.28. The summed E-state index contributed by atoms with van der Waals surface area (Å²) in [5, 5.41) is 8.67. The molecule has 1 saturated carbocycles. The van der Waals surface area contributed by atoms with Crippen molar-refractivity contribution in [2.24, 2.45) is 5.92 Å². The van der Waals surface area contributed by atoms with Gasteiger partial charge in [-0.15, -0.1) is 0 Å². The zero-order valence-electron chi connectivity index (χ0n) is 12.7. The van der Waals surface area contributed by atoms with E-state index in [1.165, 1.54) is 25.7 Å². The second-order valence-corrected chi connectivity index (χ2v) is 5.57. The fourth-order valence-corrected chi connectivity index (χ4v) is 2.56. The molecule has 1 fully saturated rings. The number of hydrogen-bond acceptors (Lipinski definition) is 3. The summed E-state index contributed by atoms with van der Waals surface area (Å²) < 4.78 is 0. The van der Waals surface area contributed by atoms with E-state index in [2.05, 4.69) is 22.9 Å². The molecule has 0 radical (unpaired) electrons. The van der Waals surface area contributed by atoms with Gasteiger partial charge in [0.2, 0.25) is 11.8 Å². The Kier molecular flexibility index (Phi) is 9.04. The van der Waals surface area contributed by atoms with E-state index in [0.717, 1.165) is 31.8 Å². The smallest absolute Gasteiger partial charge is 0.239 e. The van der Waals surface area contributed by atoms with Crippen molar-refractivity contribution in [2.75, 3.05) is 26.2 Å². The molecule has 2 amide bonds. The van der Waals surface area contributed by atoms with Crippen LogP contribution in [0.3, 0.4) is 0 Å². The van der Waals surface area contributed by atoms with Crippen LogP contribution in [0.15, 0.2) is 0 Å². The summed E-state index contributed by atoms with van der Waals surface area (Å²) in [5.74, 6) is 0.605. The Labute approximate surface area is 122 Å². The number of carbonyl (C=O) groups is 2. The highest BCUT2D eigenvalue weighted by molar-refractivity contribution is 5.84. The van der Waals surface area contributed by atoms with E-state index in [-0.39, 0.29) is 18.4 Å². The van der Waals surface area contributed by atoms with Crippen LogP contribution in [0, 0.1) is 5.92 Å². The standard InChI is InChI=1S/C15H29N3O2/c1-2-9-16-10-11-17-15(20)12-18-14(19)8-7-13-5-3-4-6-13/h13,16H,2-12H2,1H3,(H,17,20)(H,18,19). The van der Waals surface area contributed by atoms with Gasteiger partial charge in [0.05, 0.1) is 6.54 Å². The molecule has 0 aliphatic heterocycles. The van der Waals surface area contributed by atoms with Crippen LogP contribution < -0.4 is 16.0 Å². The van der Waals surface area contributed by atoms with Gasteiger partial charge in [-0.2, -0.15) is 0 Å². The van der Waals surface area contributed by atoms with E-state index < -0.39 is 0 Å². The Morgan fingerprint density at radius 1 is 1.00 bits per heavy atom. The van der Waals surface area contributed by atoms with Crippen molar-refractivity contribution in [3.05, 3.63) is 0 Å².